The summed E-state index contributed by atoms with van der Waals surface area (Å²) < 4.78 is 0. The molecule has 0 spiro atoms. The standard InChI is InChI=1S/C15H16N4O/c20-9-8-19(10-12-4-2-1-3-5-12)15-13-6-7-16-14(13)17-11-18-15/h1-7,11,20H,8-10H2,(H,16,17,18). The Morgan fingerprint density at radius 3 is 2.75 bits per heavy atom. The molecule has 0 radical (unpaired) electrons. The van der Waals surface area contributed by atoms with E-state index in [1.165, 1.54) is 5.56 Å². The van der Waals surface area contributed by atoms with Crippen LogP contribution in [0.2, 0.25) is 0 Å². The normalized spacial score (nSPS) is 10.8. The molecule has 5 nitrogen and oxygen atoms in total. The van der Waals surface area contributed by atoms with Gasteiger partial charge < -0.3 is 15.0 Å². The minimum Gasteiger partial charge on any atom is -0.395 e. The van der Waals surface area contributed by atoms with E-state index in [4.69, 9.17) is 0 Å². The number of hydrogen-bond acceptors (Lipinski definition) is 4. The third kappa shape index (κ3) is 2.48. The molecule has 5 heteroatoms. The number of benzene rings is 1. The summed E-state index contributed by atoms with van der Waals surface area (Å²) in [6, 6.07) is 12.1. The average molecular weight is 268 g/mol. The highest BCUT2D eigenvalue weighted by atomic mass is 16.3. The van der Waals surface area contributed by atoms with Crippen molar-refractivity contribution in [3.63, 3.8) is 0 Å². The van der Waals surface area contributed by atoms with Gasteiger partial charge in [-0.3, -0.25) is 0 Å². The molecule has 0 fully saturated rings. The van der Waals surface area contributed by atoms with Crippen molar-refractivity contribution in [3.8, 4) is 0 Å². The highest BCUT2D eigenvalue weighted by Crippen LogP contribution is 2.23. The smallest absolute Gasteiger partial charge is 0.142 e. The van der Waals surface area contributed by atoms with Gasteiger partial charge in [0.05, 0.1) is 12.0 Å². The molecule has 0 saturated carbocycles. The number of aromatic amines is 1. The van der Waals surface area contributed by atoms with Crippen LogP contribution in [0.15, 0.2) is 48.9 Å². The van der Waals surface area contributed by atoms with Crippen molar-refractivity contribution in [1.82, 2.24) is 15.0 Å². The maximum absolute atomic E-state index is 9.31. The second-order valence-electron chi connectivity index (χ2n) is 4.57. The van der Waals surface area contributed by atoms with Crippen LogP contribution in [-0.4, -0.2) is 33.2 Å². The van der Waals surface area contributed by atoms with Crippen molar-refractivity contribution < 1.29 is 5.11 Å². The maximum Gasteiger partial charge on any atom is 0.142 e. The van der Waals surface area contributed by atoms with Crippen LogP contribution in [0.1, 0.15) is 5.56 Å². The maximum atomic E-state index is 9.31. The first-order valence-electron chi connectivity index (χ1n) is 6.56. The third-order valence-electron chi connectivity index (χ3n) is 3.22. The molecule has 3 aromatic rings. The van der Waals surface area contributed by atoms with E-state index in [0.717, 1.165) is 16.9 Å². The second kappa shape index (κ2) is 5.71. The molecule has 0 aliphatic carbocycles. The second-order valence-corrected chi connectivity index (χ2v) is 4.57. The topological polar surface area (TPSA) is 65.0 Å². The molecule has 3 rings (SSSR count). The molecule has 0 aliphatic heterocycles. The number of aliphatic hydroxyl groups is 1. The Morgan fingerprint density at radius 1 is 1.10 bits per heavy atom. The summed E-state index contributed by atoms with van der Waals surface area (Å²) in [5.74, 6) is 0.842. The monoisotopic (exact) mass is 268 g/mol. The first-order chi connectivity index (χ1) is 9.88. The molecule has 102 valence electrons. The van der Waals surface area contributed by atoms with Crippen LogP contribution in [-0.2, 0) is 6.54 Å². The Balaban J connectivity index is 1.96. The third-order valence-corrected chi connectivity index (χ3v) is 3.22. The molecule has 2 heterocycles. The lowest BCUT2D eigenvalue weighted by Crippen LogP contribution is -2.27. The number of hydrogen-bond donors (Lipinski definition) is 2. The van der Waals surface area contributed by atoms with E-state index >= 15 is 0 Å². The van der Waals surface area contributed by atoms with Gasteiger partial charge >= 0.3 is 0 Å². The van der Waals surface area contributed by atoms with Gasteiger partial charge in [0.15, 0.2) is 0 Å². The van der Waals surface area contributed by atoms with Crippen LogP contribution in [0.25, 0.3) is 11.0 Å². The Morgan fingerprint density at radius 2 is 1.95 bits per heavy atom. The summed E-state index contributed by atoms with van der Waals surface area (Å²) in [7, 11) is 0. The van der Waals surface area contributed by atoms with Gasteiger partial charge in [-0.15, -0.1) is 0 Å². The average Bonchev–Trinajstić information content (AvgIpc) is 2.96. The minimum absolute atomic E-state index is 0.0861. The number of fused-ring (bicyclic) bond motifs is 1. The number of aromatic nitrogens is 3. The van der Waals surface area contributed by atoms with Crippen LogP contribution in [0, 0.1) is 0 Å². The van der Waals surface area contributed by atoms with Crippen molar-refractivity contribution in [1.29, 1.82) is 0 Å². The molecule has 1 aromatic carbocycles. The Labute approximate surface area is 116 Å². The molecule has 2 aromatic heterocycles. The van der Waals surface area contributed by atoms with Gasteiger partial charge in [-0.25, -0.2) is 9.97 Å². The van der Waals surface area contributed by atoms with Crippen molar-refractivity contribution in [2.24, 2.45) is 0 Å². The lowest BCUT2D eigenvalue weighted by molar-refractivity contribution is 0.301. The lowest BCUT2D eigenvalue weighted by Gasteiger charge is -2.23. The Bertz CT molecular complexity index is 680. The lowest BCUT2D eigenvalue weighted by atomic mass is 10.2. The molecule has 0 atom stereocenters. The van der Waals surface area contributed by atoms with E-state index in [1.807, 2.05) is 30.5 Å². The summed E-state index contributed by atoms with van der Waals surface area (Å²) in [5, 5.41) is 10.3. The van der Waals surface area contributed by atoms with Gasteiger partial charge in [0.1, 0.15) is 17.8 Å². The largest absolute Gasteiger partial charge is 0.395 e. The predicted octanol–water partition coefficient (Wildman–Crippen LogP) is 1.96. The van der Waals surface area contributed by atoms with Gasteiger partial charge in [0.2, 0.25) is 0 Å². The Kier molecular flexibility index (Phi) is 3.60. The summed E-state index contributed by atoms with van der Waals surface area (Å²) in [6.07, 6.45) is 3.39. The molecule has 2 N–H and O–H groups in total. The van der Waals surface area contributed by atoms with E-state index in [-0.39, 0.29) is 6.61 Å². The van der Waals surface area contributed by atoms with Crippen molar-refractivity contribution in [3.05, 3.63) is 54.5 Å². The van der Waals surface area contributed by atoms with Crippen LogP contribution < -0.4 is 4.90 Å². The van der Waals surface area contributed by atoms with Gasteiger partial charge in [-0.05, 0) is 11.6 Å². The minimum atomic E-state index is 0.0861. The van der Waals surface area contributed by atoms with E-state index in [0.29, 0.717) is 13.1 Å². The number of anilines is 1. The number of nitrogens with one attached hydrogen (secondary N) is 1. The predicted molar refractivity (Wildman–Crippen MR) is 78.5 cm³/mol. The van der Waals surface area contributed by atoms with Crippen LogP contribution >= 0.6 is 0 Å². The molecule has 0 aliphatic rings. The first-order valence-corrected chi connectivity index (χ1v) is 6.56. The van der Waals surface area contributed by atoms with E-state index in [1.54, 1.807) is 6.33 Å². The zero-order chi connectivity index (χ0) is 13.8. The van der Waals surface area contributed by atoms with Crippen LogP contribution in [0.4, 0.5) is 5.82 Å². The fraction of sp³-hybridized carbons (Fsp3) is 0.200. The van der Waals surface area contributed by atoms with Crippen LogP contribution in [0.5, 0.6) is 0 Å². The summed E-state index contributed by atoms with van der Waals surface area (Å²) in [6.45, 7) is 1.33. The van der Waals surface area contributed by atoms with Crippen molar-refractivity contribution in [2.45, 2.75) is 6.54 Å². The summed E-state index contributed by atoms with van der Waals surface area (Å²) in [5.41, 5.74) is 1.99. The zero-order valence-electron chi connectivity index (χ0n) is 11.0. The van der Waals surface area contributed by atoms with Gasteiger partial charge in [-0.2, -0.15) is 0 Å². The van der Waals surface area contributed by atoms with E-state index in [9.17, 15) is 5.11 Å². The first kappa shape index (κ1) is 12.6. The highest BCUT2D eigenvalue weighted by Gasteiger charge is 2.13. The molecule has 0 unspecified atom stereocenters. The van der Waals surface area contributed by atoms with Gasteiger partial charge in [-0.1, -0.05) is 30.3 Å². The van der Waals surface area contributed by atoms with Crippen molar-refractivity contribution >= 4 is 16.9 Å². The molecular formula is C15H16N4O. The number of nitrogens with zero attached hydrogens (tertiary/aromatic N) is 3. The molecule has 20 heavy (non-hydrogen) atoms. The zero-order valence-corrected chi connectivity index (χ0v) is 11.0. The highest BCUT2D eigenvalue weighted by molar-refractivity contribution is 5.87. The number of H-pyrrole nitrogens is 1. The SMILES string of the molecule is OCCN(Cc1ccccc1)c1ncnc2[nH]ccc12. The number of aliphatic hydroxyl groups excluding tert-OH is 1. The van der Waals surface area contributed by atoms with E-state index < -0.39 is 0 Å². The van der Waals surface area contributed by atoms with Crippen LogP contribution in [0.3, 0.4) is 0 Å². The summed E-state index contributed by atoms with van der Waals surface area (Å²) in [4.78, 5) is 13.7. The molecule has 0 amide bonds. The Hall–Kier alpha value is -2.40. The van der Waals surface area contributed by atoms with Gasteiger partial charge in [0, 0.05) is 19.3 Å². The molecule has 0 saturated heterocycles. The molecule has 0 bridgehead atoms. The fourth-order valence-electron chi connectivity index (χ4n) is 2.30. The fourth-order valence-corrected chi connectivity index (χ4v) is 2.30. The number of rotatable bonds is 5. The van der Waals surface area contributed by atoms with Gasteiger partial charge in [0.25, 0.3) is 0 Å². The van der Waals surface area contributed by atoms with E-state index in [2.05, 4.69) is 32.0 Å². The molecular weight excluding hydrogens is 252 g/mol. The summed E-state index contributed by atoms with van der Waals surface area (Å²) >= 11 is 0. The van der Waals surface area contributed by atoms with Crippen molar-refractivity contribution in [2.75, 3.05) is 18.1 Å². The quantitative estimate of drug-likeness (QED) is 0.742.